The van der Waals surface area contributed by atoms with Crippen molar-refractivity contribution in [2.24, 2.45) is 0 Å². The summed E-state index contributed by atoms with van der Waals surface area (Å²) in [7, 11) is 0. The van der Waals surface area contributed by atoms with Crippen molar-refractivity contribution < 1.29 is 23.9 Å². The normalized spacial score (nSPS) is 14.6. The van der Waals surface area contributed by atoms with E-state index in [1.54, 1.807) is 30.3 Å². The van der Waals surface area contributed by atoms with E-state index in [1.165, 1.54) is 11.8 Å². The summed E-state index contributed by atoms with van der Waals surface area (Å²) >= 11 is 1.49. The molecule has 3 amide bonds. The molecule has 0 aromatic heterocycles. The predicted molar refractivity (Wildman–Crippen MR) is 128 cm³/mol. The van der Waals surface area contributed by atoms with Crippen LogP contribution in [0.3, 0.4) is 0 Å². The highest BCUT2D eigenvalue weighted by Crippen LogP contribution is 2.28. The molecule has 3 rings (SSSR count). The van der Waals surface area contributed by atoms with Crippen molar-refractivity contribution in [2.45, 2.75) is 38.6 Å². The average Bonchev–Trinajstić information content (AvgIpc) is 3.08. The van der Waals surface area contributed by atoms with Gasteiger partial charge >= 0.3 is 5.97 Å². The minimum atomic E-state index is -1.09. The molecule has 1 N–H and O–H groups in total. The summed E-state index contributed by atoms with van der Waals surface area (Å²) in [6.07, 6.45) is 3.02. The van der Waals surface area contributed by atoms with Crippen LogP contribution in [0.5, 0.6) is 0 Å². The fraction of sp³-hybridized carbons (Fsp3) is 0.360. The zero-order chi connectivity index (χ0) is 24.0. The minimum Gasteiger partial charge on any atom is -0.454 e. The number of imide groups is 1. The molecule has 1 aliphatic heterocycles. The molecule has 0 saturated carbocycles. The number of nitrogens with one attached hydrogen (secondary N) is 1. The molecule has 2 unspecified atom stereocenters. The third-order valence-electron chi connectivity index (χ3n) is 5.73. The molecule has 7 nitrogen and oxygen atoms in total. The second kappa shape index (κ2) is 11.1. The monoisotopic (exact) mass is 468 g/mol. The smallest absolute Gasteiger partial charge is 0.329 e. The number of nitrogens with zero attached hydrogens (tertiary/aromatic N) is 1. The summed E-state index contributed by atoms with van der Waals surface area (Å²) < 4.78 is 5.26. The van der Waals surface area contributed by atoms with Gasteiger partial charge in [0, 0.05) is 5.69 Å². The molecule has 2 aromatic carbocycles. The van der Waals surface area contributed by atoms with E-state index in [9.17, 15) is 19.2 Å². The van der Waals surface area contributed by atoms with Crippen LogP contribution in [0.1, 0.15) is 58.9 Å². The zero-order valence-electron chi connectivity index (χ0n) is 19.0. The van der Waals surface area contributed by atoms with E-state index in [0.717, 1.165) is 16.9 Å². The van der Waals surface area contributed by atoms with Crippen molar-refractivity contribution in [3.63, 3.8) is 0 Å². The number of ether oxygens (including phenoxy) is 1. The predicted octanol–water partition coefficient (Wildman–Crippen LogP) is 4.10. The maximum atomic E-state index is 12.9. The third kappa shape index (κ3) is 5.45. The number of esters is 1. The van der Waals surface area contributed by atoms with Crippen LogP contribution in [-0.2, 0) is 14.3 Å². The number of rotatable bonds is 10. The molecule has 0 spiro atoms. The molecular weight excluding hydrogens is 440 g/mol. The van der Waals surface area contributed by atoms with Crippen LogP contribution in [-0.4, -0.2) is 53.2 Å². The van der Waals surface area contributed by atoms with Gasteiger partial charge in [0.05, 0.1) is 11.1 Å². The van der Waals surface area contributed by atoms with Crippen LogP contribution in [0.25, 0.3) is 0 Å². The Hall–Kier alpha value is -3.13. The number of carbonyl (C=O) groups excluding carboxylic acids is 4. The fourth-order valence-corrected chi connectivity index (χ4v) is 4.21. The number of anilines is 1. The maximum Gasteiger partial charge on any atom is 0.329 e. The molecule has 0 bridgehead atoms. The van der Waals surface area contributed by atoms with Crippen LogP contribution >= 0.6 is 11.8 Å². The lowest BCUT2D eigenvalue weighted by Crippen LogP contribution is -2.46. The van der Waals surface area contributed by atoms with Crippen LogP contribution in [0.4, 0.5) is 5.69 Å². The van der Waals surface area contributed by atoms with Crippen molar-refractivity contribution >= 4 is 41.1 Å². The topological polar surface area (TPSA) is 92.8 Å². The number of para-hydroxylation sites is 1. The van der Waals surface area contributed by atoms with Gasteiger partial charge in [0.1, 0.15) is 6.04 Å². The van der Waals surface area contributed by atoms with Gasteiger partial charge in [-0.15, -0.1) is 0 Å². The minimum absolute atomic E-state index is 0.240. The summed E-state index contributed by atoms with van der Waals surface area (Å²) in [6.45, 7) is 3.63. The van der Waals surface area contributed by atoms with Crippen LogP contribution in [0.15, 0.2) is 48.5 Å². The molecule has 0 fully saturated rings. The highest BCUT2D eigenvalue weighted by molar-refractivity contribution is 7.98. The van der Waals surface area contributed by atoms with Gasteiger partial charge in [-0.2, -0.15) is 11.8 Å². The summed E-state index contributed by atoms with van der Waals surface area (Å²) in [5.74, 6) is -1.50. The van der Waals surface area contributed by atoms with E-state index >= 15 is 0 Å². The molecule has 0 radical (unpaired) electrons. The number of amides is 3. The van der Waals surface area contributed by atoms with E-state index < -0.39 is 36.3 Å². The molecule has 8 heteroatoms. The summed E-state index contributed by atoms with van der Waals surface area (Å²) in [6, 6.07) is 12.9. The molecular formula is C25H28N2O5S. The lowest BCUT2D eigenvalue weighted by Gasteiger charge is -2.24. The van der Waals surface area contributed by atoms with Crippen molar-refractivity contribution in [1.82, 2.24) is 4.90 Å². The first-order chi connectivity index (χ1) is 15.9. The summed E-state index contributed by atoms with van der Waals surface area (Å²) in [4.78, 5) is 52.0. The number of thioether (sulfide) groups is 1. The molecule has 2 atom stereocenters. The first-order valence-electron chi connectivity index (χ1n) is 10.9. The molecule has 174 valence electrons. The van der Waals surface area contributed by atoms with Crippen molar-refractivity contribution in [1.29, 1.82) is 0 Å². The van der Waals surface area contributed by atoms with Gasteiger partial charge in [-0.25, -0.2) is 4.79 Å². The standard InChI is InChI=1S/C25H28N2O5S/c1-4-16(2)17-9-7-8-12-20(17)26-22(28)15-32-25(31)21(13-14-33-3)27-23(29)18-10-5-6-11-19(18)24(27)30/h5-12,16,21H,4,13-15H2,1-3H3,(H,26,28). The molecule has 1 aliphatic rings. The van der Waals surface area contributed by atoms with Crippen molar-refractivity contribution in [3.8, 4) is 0 Å². The molecule has 0 aliphatic carbocycles. The summed E-state index contributed by atoms with van der Waals surface area (Å²) in [5.41, 5.74) is 2.21. The van der Waals surface area contributed by atoms with Gasteiger partial charge < -0.3 is 10.1 Å². The number of carbonyl (C=O) groups is 4. The second-order valence-electron chi connectivity index (χ2n) is 7.88. The van der Waals surface area contributed by atoms with E-state index in [0.29, 0.717) is 11.4 Å². The molecule has 1 heterocycles. The van der Waals surface area contributed by atoms with Gasteiger partial charge in [0.25, 0.3) is 17.7 Å². The van der Waals surface area contributed by atoms with E-state index in [1.807, 2.05) is 24.5 Å². The van der Waals surface area contributed by atoms with Gasteiger partial charge in [-0.05, 0) is 54.5 Å². The van der Waals surface area contributed by atoms with E-state index in [2.05, 4.69) is 19.2 Å². The van der Waals surface area contributed by atoms with Crippen LogP contribution < -0.4 is 5.32 Å². The summed E-state index contributed by atoms with van der Waals surface area (Å²) in [5, 5.41) is 2.80. The third-order valence-corrected chi connectivity index (χ3v) is 6.37. The van der Waals surface area contributed by atoms with E-state index in [4.69, 9.17) is 4.74 Å². The van der Waals surface area contributed by atoms with Gasteiger partial charge in [-0.1, -0.05) is 44.2 Å². The Balaban J connectivity index is 1.69. The molecule has 2 aromatic rings. The highest BCUT2D eigenvalue weighted by Gasteiger charge is 2.43. The Kier molecular flexibility index (Phi) is 8.27. The number of fused-ring (bicyclic) bond motifs is 1. The van der Waals surface area contributed by atoms with Gasteiger partial charge in [0.15, 0.2) is 6.61 Å². The molecule has 33 heavy (non-hydrogen) atoms. The lowest BCUT2D eigenvalue weighted by atomic mass is 9.97. The Morgan fingerprint density at radius 2 is 1.64 bits per heavy atom. The Bertz CT molecular complexity index is 1020. The van der Waals surface area contributed by atoms with Crippen molar-refractivity contribution in [3.05, 3.63) is 65.2 Å². The number of hydrogen-bond acceptors (Lipinski definition) is 6. The fourth-order valence-electron chi connectivity index (χ4n) is 3.75. The first kappa shape index (κ1) is 24.5. The zero-order valence-corrected chi connectivity index (χ0v) is 19.8. The van der Waals surface area contributed by atoms with Gasteiger partial charge in [0.2, 0.25) is 0 Å². The highest BCUT2D eigenvalue weighted by atomic mass is 32.2. The number of benzene rings is 2. The van der Waals surface area contributed by atoms with Crippen LogP contribution in [0, 0.1) is 0 Å². The Morgan fingerprint density at radius 3 is 2.24 bits per heavy atom. The second-order valence-corrected chi connectivity index (χ2v) is 8.86. The van der Waals surface area contributed by atoms with E-state index in [-0.39, 0.29) is 23.5 Å². The Morgan fingerprint density at radius 1 is 1.03 bits per heavy atom. The van der Waals surface area contributed by atoms with Crippen LogP contribution in [0.2, 0.25) is 0 Å². The average molecular weight is 469 g/mol. The maximum absolute atomic E-state index is 12.9. The first-order valence-corrected chi connectivity index (χ1v) is 12.3. The number of hydrogen-bond donors (Lipinski definition) is 1. The largest absolute Gasteiger partial charge is 0.454 e. The quantitative estimate of drug-likeness (QED) is 0.417. The Labute approximate surface area is 197 Å². The SMILES string of the molecule is CCC(C)c1ccccc1NC(=O)COC(=O)C(CCSC)N1C(=O)c2ccccc2C1=O. The van der Waals surface area contributed by atoms with Crippen molar-refractivity contribution in [2.75, 3.05) is 23.9 Å². The van der Waals surface area contributed by atoms with Gasteiger partial charge in [-0.3, -0.25) is 19.3 Å². The lowest BCUT2D eigenvalue weighted by molar-refractivity contribution is -0.151. The molecule has 0 saturated heterocycles.